The van der Waals surface area contributed by atoms with Crippen molar-refractivity contribution in [2.45, 2.75) is 0 Å². The van der Waals surface area contributed by atoms with Crippen molar-refractivity contribution < 1.29 is 9.26 Å². The van der Waals surface area contributed by atoms with E-state index in [4.69, 9.17) is 20.9 Å². The minimum Gasteiger partial charge on any atom is -0.495 e. The number of hydrogen-bond acceptors (Lipinski definition) is 5. The molecule has 0 fully saturated rings. The Morgan fingerprint density at radius 3 is 3.08 bits per heavy atom. The molecular formula is C7H5ClN2O2S. The fourth-order valence-corrected chi connectivity index (χ4v) is 1.80. The van der Waals surface area contributed by atoms with Gasteiger partial charge in [-0.25, -0.2) is 0 Å². The number of hydrogen-bond donors (Lipinski definition) is 0. The van der Waals surface area contributed by atoms with Crippen molar-refractivity contribution in [2.75, 3.05) is 7.11 Å². The van der Waals surface area contributed by atoms with Gasteiger partial charge >= 0.3 is 0 Å². The zero-order chi connectivity index (χ0) is 9.26. The van der Waals surface area contributed by atoms with Gasteiger partial charge in [0.25, 0.3) is 11.2 Å². The number of halogens is 1. The van der Waals surface area contributed by atoms with Crippen LogP contribution in [-0.4, -0.2) is 17.3 Å². The summed E-state index contributed by atoms with van der Waals surface area (Å²) in [4.78, 5) is 4.67. The number of ether oxygens (including phenoxy) is 1. The molecule has 13 heavy (non-hydrogen) atoms. The molecule has 0 atom stereocenters. The first-order chi connectivity index (χ1) is 6.31. The van der Waals surface area contributed by atoms with Gasteiger partial charge in [-0.05, 0) is 28.2 Å². The predicted octanol–water partition coefficient (Wildman–Crippen LogP) is 2.46. The normalized spacial score (nSPS) is 10.3. The summed E-state index contributed by atoms with van der Waals surface area (Å²) in [5.74, 6) is 1.10. The average molecular weight is 217 g/mol. The molecule has 0 saturated heterocycles. The van der Waals surface area contributed by atoms with Crippen molar-refractivity contribution in [1.29, 1.82) is 0 Å². The second-order valence-electron chi connectivity index (χ2n) is 2.19. The van der Waals surface area contributed by atoms with Crippen LogP contribution in [0.15, 0.2) is 16.0 Å². The Hall–Kier alpha value is -1.07. The Kier molecular flexibility index (Phi) is 2.20. The zero-order valence-corrected chi connectivity index (χ0v) is 8.22. The van der Waals surface area contributed by atoms with E-state index in [2.05, 4.69) is 10.1 Å². The minimum absolute atomic E-state index is 0.102. The van der Waals surface area contributed by atoms with E-state index in [1.54, 1.807) is 7.11 Å². The zero-order valence-electron chi connectivity index (χ0n) is 6.65. The van der Waals surface area contributed by atoms with Gasteiger partial charge in [0, 0.05) is 0 Å². The Labute approximate surface area is 83.1 Å². The summed E-state index contributed by atoms with van der Waals surface area (Å²) in [5.41, 5.74) is 0. The van der Waals surface area contributed by atoms with Crippen LogP contribution in [0, 0.1) is 0 Å². The Morgan fingerprint density at radius 2 is 2.46 bits per heavy atom. The van der Waals surface area contributed by atoms with Crippen LogP contribution >= 0.6 is 22.9 Å². The van der Waals surface area contributed by atoms with Crippen molar-refractivity contribution in [3.05, 3.63) is 16.7 Å². The van der Waals surface area contributed by atoms with Gasteiger partial charge < -0.3 is 9.26 Å². The quantitative estimate of drug-likeness (QED) is 0.774. The highest BCUT2D eigenvalue weighted by Gasteiger charge is 2.13. The summed E-state index contributed by atoms with van der Waals surface area (Å²) in [6.45, 7) is 0. The Bertz CT molecular complexity index is 412. The molecular weight excluding hydrogens is 212 g/mol. The van der Waals surface area contributed by atoms with Crippen LogP contribution in [0.4, 0.5) is 0 Å². The molecule has 2 rings (SSSR count). The summed E-state index contributed by atoms with van der Waals surface area (Å²) in [7, 11) is 1.59. The first kappa shape index (κ1) is 8.52. The molecule has 4 nitrogen and oxygen atoms in total. The first-order valence-electron chi connectivity index (χ1n) is 3.42. The fraction of sp³-hybridized carbons (Fsp3) is 0.143. The van der Waals surface area contributed by atoms with E-state index in [-0.39, 0.29) is 5.28 Å². The number of methoxy groups -OCH3 is 1. The van der Waals surface area contributed by atoms with Gasteiger partial charge in [-0.15, -0.1) is 11.3 Å². The maximum absolute atomic E-state index is 5.52. The van der Waals surface area contributed by atoms with Crippen molar-refractivity contribution in [3.63, 3.8) is 0 Å². The Balaban J connectivity index is 2.45. The highest BCUT2D eigenvalue weighted by molar-refractivity contribution is 7.13. The molecule has 2 aromatic rings. The van der Waals surface area contributed by atoms with Crippen LogP contribution < -0.4 is 4.74 Å². The molecule has 0 amide bonds. The number of rotatable bonds is 2. The third-order valence-electron chi connectivity index (χ3n) is 1.44. The molecule has 0 aliphatic carbocycles. The van der Waals surface area contributed by atoms with Crippen molar-refractivity contribution in [3.8, 4) is 16.5 Å². The van der Waals surface area contributed by atoms with Crippen LogP contribution in [-0.2, 0) is 0 Å². The van der Waals surface area contributed by atoms with Crippen LogP contribution in [0.25, 0.3) is 10.8 Å². The lowest BCUT2D eigenvalue weighted by Gasteiger charge is -1.95. The van der Waals surface area contributed by atoms with Gasteiger partial charge in [0.15, 0.2) is 0 Å². The van der Waals surface area contributed by atoms with Gasteiger partial charge in [-0.1, -0.05) is 0 Å². The van der Waals surface area contributed by atoms with Crippen molar-refractivity contribution >= 4 is 22.9 Å². The molecule has 0 aliphatic heterocycles. The topological polar surface area (TPSA) is 48.2 Å². The van der Waals surface area contributed by atoms with Gasteiger partial charge in [0.2, 0.25) is 0 Å². The van der Waals surface area contributed by atoms with Gasteiger partial charge in [-0.3, -0.25) is 0 Å². The maximum atomic E-state index is 5.52. The van der Waals surface area contributed by atoms with Crippen LogP contribution in [0.3, 0.4) is 0 Å². The van der Waals surface area contributed by atoms with Gasteiger partial charge in [-0.2, -0.15) is 4.98 Å². The minimum atomic E-state index is 0.102. The van der Waals surface area contributed by atoms with Crippen LogP contribution in [0.5, 0.6) is 5.75 Å². The van der Waals surface area contributed by atoms with Gasteiger partial charge in [0.05, 0.1) is 7.11 Å². The molecule has 0 saturated carbocycles. The van der Waals surface area contributed by atoms with Crippen molar-refractivity contribution in [1.82, 2.24) is 10.1 Å². The van der Waals surface area contributed by atoms with E-state index in [1.807, 2.05) is 11.4 Å². The van der Waals surface area contributed by atoms with E-state index in [9.17, 15) is 0 Å². The van der Waals surface area contributed by atoms with Crippen molar-refractivity contribution in [2.24, 2.45) is 0 Å². The van der Waals surface area contributed by atoms with E-state index < -0.39 is 0 Å². The number of nitrogens with zero attached hydrogens (tertiary/aromatic N) is 2. The number of thiophene rings is 1. The van der Waals surface area contributed by atoms with Crippen LogP contribution in [0.1, 0.15) is 0 Å². The third kappa shape index (κ3) is 1.52. The molecule has 0 aromatic carbocycles. The molecule has 2 heterocycles. The molecule has 0 spiro atoms. The highest BCUT2D eigenvalue weighted by atomic mass is 35.5. The molecule has 0 unspecified atom stereocenters. The number of aromatic nitrogens is 2. The molecule has 0 bridgehead atoms. The first-order valence-corrected chi connectivity index (χ1v) is 4.68. The van der Waals surface area contributed by atoms with E-state index in [0.29, 0.717) is 11.6 Å². The molecule has 2 aromatic heterocycles. The summed E-state index contributed by atoms with van der Waals surface area (Å²) in [6.07, 6.45) is 0. The highest BCUT2D eigenvalue weighted by Crippen LogP contribution is 2.34. The molecule has 0 aliphatic rings. The standard InChI is InChI=1S/C7H5ClN2O2S/c1-11-4-2-3-13-5(4)6-9-7(8)10-12-6/h2-3H,1H3. The molecule has 6 heteroatoms. The SMILES string of the molecule is COc1ccsc1-c1nc(Cl)no1. The summed E-state index contributed by atoms with van der Waals surface area (Å²) >= 11 is 6.98. The monoisotopic (exact) mass is 216 g/mol. The van der Waals surface area contributed by atoms with Gasteiger partial charge in [0.1, 0.15) is 10.6 Å². The lowest BCUT2D eigenvalue weighted by Crippen LogP contribution is -1.81. The van der Waals surface area contributed by atoms with E-state index in [0.717, 1.165) is 4.88 Å². The lowest BCUT2D eigenvalue weighted by atomic mass is 10.4. The summed E-state index contributed by atoms with van der Waals surface area (Å²) in [5, 5.41) is 5.46. The summed E-state index contributed by atoms with van der Waals surface area (Å²) < 4.78 is 9.98. The summed E-state index contributed by atoms with van der Waals surface area (Å²) in [6, 6.07) is 1.83. The lowest BCUT2D eigenvalue weighted by molar-refractivity contribution is 0.407. The second-order valence-corrected chi connectivity index (χ2v) is 3.44. The average Bonchev–Trinajstić information content (AvgIpc) is 2.71. The fourth-order valence-electron chi connectivity index (χ4n) is 0.912. The van der Waals surface area contributed by atoms with Crippen LogP contribution in [0.2, 0.25) is 5.28 Å². The molecule has 0 radical (unpaired) electrons. The van der Waals surface area contributed by atoms with E-state index in [1.165, 1.54) is 11.3 Å². The molecule has 0 N–H and O–H groups in total. The molecule has 68 valence electrons. The smallest absolute Gasteiger partial charge is 0.272 e. The largest absolute Gasteiger partial charge is 0.495 e. The predicted molar refractivity (Wildman–Crippen MR) is 49.2 cm³/mol. The second kappa shape index (κ2) is 3.35. The maximum Gasteiger partial charge on any atom is 0.272 e. The van der Waals surface area contributed by atoms with E-state index >= 15 is 0 Å². The third-order valence-corrected chi connectivity index (χ3v) is 2.48. The Morgan fingerprint density at radius 1 is 1.62 bits per heavy atom.